The standard InChI is InChI=1S/C50H31NOS2/c1-50(40-17-7-2-12-32(40)33-13-3-8-18-41(33)50)48-42(27-26-39-34-14-4-9-19-43(34)52-49(39)48)51(30-22-24-37-35-15-5-10-20-44(35)53-46(37)28-30)31-23-25-38-36-16-6-11-21-45(36)54-47(38)29-31/h2-29H,1H3. The summed E-state index contributed by atoms with van der Waals surface area (Å²) in [6.45, 7) is 2.41. The third-order valence-corrected chi connectivity index (χ3v) is 14.0. The van der Waals surface area contributed by atoms with Gasteiger partial charge < -0.3 is 9.32 Å². The largest absolute Gasteiger partial charge is 0.456 e. The molecule has 12 rings (SSSR count). The maximum atomic E-state index is 7.05. The molecule has 0 N–H and O–H groups in total. The van der Waals surface area contributed by atoms with E-state index in [1.807, 2.05) is 22.7 Å². The lowest BCUT2D eigenvalue weighted by molar-refractivity contribution is 0.638. The molecule has 0 saturated carbocycles. The van der Waals surface area contributed by atoms with Crippen molar-refractivity contribution in [3.05, 3.63) is 187 Å². The number of fused-ring (bicyclic) bond motifs is 12. The summed E-state index contributed by atoms with van der Waals surface area (Å²) in [6, 6.07) is 62.5. The van der Waals surface area contributed by atoms with Gasteiger partial charge in [0.2, 0.25) is 0 Å². The molecule has 11 aromatic rings. The molecule has 0 atom stereocenters. The van der Waals surface area contributed by atoms with E-state index in [0.717, 1.165) is 39.0 Å². The second kappa shape index (κ2) is 11.2. The van der Waals surface area contributed by atoms with Gasteiger partial charge in [-0.15, -0.1) is 22.7 Å². The Morgan fingerprint density at radius 3 is 1.54 bits per heavy atom. The van der Waals surface area contributed by atoms with Crippen LogP contribution in [0.25, 0.3) is 73.4 Å². The molecule has 0 radical (unpaired) electrons. The predicted molar refractivity (Wildman–Crippen MR) is 232 cm³/mol. The lowest BCUT2D eigenvalue weighted by atomic mass is 9.72. The van der Waals surface area contributed by atoms with Crippen LogP contribution in [0.15, 0.2) is 174 Å². The number of para-hydroxylation sites is 1. The molecule has 0 bridgehead atoms. The van der Waals surface area contributed by atoms with Gasteiger partial charge in [0.25, 0.3) is 0 Å². The predicted octanol–water partition coefficient (Wildman–Crippen LogP) is 15.1. The van der Waals surface area contributed by atoms with E-state index in [-0.39, 0.29) is 0 Å². The van der Waals surface area contributed by atoms with Crippen LogP contribution in [0.3, 0.4) is 0 Å². The summed E-state index contributed by atoms with van der Waals surface area (Å²) in [7, 11) is 0. The van der Waals surface area contributed by atoms with Crippen molar-refractivity contribution in [3.63, 3.8) is 0 Å². The van der Waals surface area contributed by atoms with Crippen LogP contribution in [0, 0.1) is 0 Å². The van der Waals surface area contributed by atoms with Crippen molar-refractivity contribution in [1.29, 1.82) is 0 Å². The first kappa shape index (κ1) is 30.3. The molecule has 3 heterocycles. The van der Waals surface area contributed by atoms with Gasteiger partial charge in [-0.3, -0.25) is 0 Å². The number of furan rings is 1. The first-order valence-corrected chi connectivity index (χ1v) is 20.1. The second-order valence-corrected chi connectivity index (χ2v) is 16.7. The molecule has 4 heteroatoms. The fourth-order valence-corrected chi connectivity index (χ4v) is 11.6. The van der Waals surface area contributed by atoms with Crippen molar-refractivity contribution >= 4 is 102 Å². The van der Waals surface area contributed by atoms with E-state index in [1.54, 1.807) is 0 Å². The van der Waals surface area contributed by atoms with Crippen molar-refractivity contribution in [2.24, 2.45) is 0 Å². The monoisotopic (exact) mass is 725 g/mol. The van der Waals surface area contributed by atoms with E-state index < -0.39 is 5.41 Å². The van der Waals surface area contributed by atoms with Crippen LogP contribution < -0.4 is 4.90 Å². The number of thiophene rings is 2. The number of hydrogen-bond donors (Lipinski definition) is 0. The lowest BCUT2D eigenvalue weighted by Gasteiger charge is -2.35. The summed E-state index contributed by atoms with van der Waals surface area (Å²) < 4.78 is 12.2. The molecule has 254 valence electrons. The molecule has 1 aliphatic carbocycles. The number of benzene rings is 8. The van der Waals surface area contributed by atoms with Crippen LogP contribution in [0.1, 0.15) is 23.6 Å². The Hall–Kier alpha value is -6.20. The van der Waals surface area contributed by atoms with Gasteiger partial charge in [0.05, 0.1) is 5.69 Å². The Kier molecular flexibility index (Phi) is 6.26. The van der Waals surface area contributed by atoms with Gasteiger partial charge >= 0.3 is 0 Å². The Labute approximate surface area is 319 Å². The highest BCUT2D eigenvalue weighted by atomic mass is 32.1. The molecular formula is C50H31NOS2. The molecule has 0 aliphatic heterocycles. The fourth-order valence-electron chi connectivity index (χ4n) is 9.31. The quantitative estimate of drug-likeness (QED) is 0.180. The van der Waals surface area contributed by atoms with Gasteiger partial charge in [-0.05, 0) is 83.8 Å². The van der Waals surface area contributed by atoms with Gasteiger partial charge in [0, 0.05) is 73.5 Å². The number of rotatable bonds is 4. The smallest absolute Gasteiger partial charge is 0.141 e. The van der Waals surface area contributed by atoms with Gasteiger partial charge in [0.1, 0.15) is 11.2 Å². The Morgan fingerprint density at radius 2 is 0.926 bits per heavy atom. The minimum absolute atomic E-state index is 0.516. The average Bonchev–Trinajstić information content (AvgIpc) is 3.96. The molecule has 1 aliphatic rings. The summed E-state index contributed by atoms with van der Waals surface area (Å²) in [5.41, 5.74) is 11.0. The molecule has 0 unspecified atom stereocenters. The molecule has 2 nitrogen and oxygen atoms in total. The first-order valence-electron chi connectivity index (χ1n) is 18.4. The van der Waals surface area contributed by atoms with E-state index in [1.165, 1.54) is 68.2 Å². The van der Waals surface area contributed by atoms with Crippen LogP contribution in [-0.4, -0.2) is 0 Å². The van der Waals surface area contributed by atoms with Crippen LogP contribution in [0.4, 0.5) is 17.1 Å². The summed E-state index contributed by atoms with van der Waals surface area (Å²) in [6.07, 6.45) is 0. The summed E-state index contributed by atoms with van der Waals surface area (Å²) in [5, 5.41) is 7.45. The Morgan fingerprint density at radius 1 is 0.444 bits per heavy atom. The Bertz CT molecular complexity index is 3170. The topological polar surface area (TPSA) is 16.4 Å². The zero-order valence-corrected chi connectivity index (χ0v) is 31.0. The highest BCUT2D eigenvalue weighted by Gasteiger charge is 2.45. The maximum Gasteiger partial charge on any atom is 0.141 e. The van der Waals surface area contributed by atoms with Crippen LogP contribution in [0.2, 0.25) is 0 Å². The summed E-state index contributed by atoms with van der Waals surface area (Å²) in [5.74, 6) is 0. The third-order valence-electron chi connectivity index (χ3n) is 11.7. The minimum Gasteiger partial charge on any atom is -0.456 e. The molecule has 54 heavy (non-hydrogen) atoms. The normalized spacial score (nSPS) is 13.4. The highest BCUT2D eigenvalue weighted by Crippen LogP contribution is 2.58. The molecule has 0 fully saturated rings. The number of anilines is 3. The van der Waals surface area contributed by atoms with Crippen molar-refractivity contribution in [1.82, 2.24) is 0 Å². The zero-order valence-electron chi connectivity index (χ0n) is 29.3. The molecular weight excluding hydrogens is 695 g/mol. The second-order valence-electron chi connectivity index (χ2n) is 14.5. The number of hydrogen-bond acceptors (Lipinski definition) is 4. The van der Waals surface area contributed by atoms with Crippen LogP contribution in [0.5, 0.6) is 0 Å². The zero-order chi connectivity index (χ0) is 35.5. The fraction of sp³-hybridized carbons (Fsp3) is 0.0400. The van der Waals surface area contributed by atoms with Crippen LogP contribution >= 0.6 is 22.7 Å². The van der Waals surface area contributed by atoms with Crippen molar-refractivity contribution < 1.29 is 4.42 Å². The number of nitrogens with zero attached hydrogens (tertiary/aromatic N) is 1. The van der Waals surface area contributed by atoms with Crippen molar-refractivity contribution in [3.8, 4) is 11.1 Å². The average molecular weight is 726 g/mol. The highest BCUT2D eigenvalue weighted by molar-refractivity contribution is 7.26. The van der Waals surface area contributed by atoms with Gasteiger partial charge in [-0.25, -0.2) is 0 Å². The minimum atomic E-state index is -0.516. The van der Waals surface area contributed by atoms with E-state index in [2.05, 4.69) is 182 Å². The van der Waals surface area contributed by atoms with E-state index in [9.17, 15) is 0 Å². The van der Waals surface area contributed by atoms with E-state index in [0.29, 0.717) is 0 Å². The molecule has 8 aromatic carbocycles. The van der Waals surface area contributed by atoms with Crippen LogP contribution in [-0.2, 0) is 5.41 Å². The molecule has 0 amide bonds. The molecule has 0 spiro atoms. The van der Waals surface area contributed by atoms with Crippen molar-refractivity contribution in [2.75, 3.05) is 4.90 Å². The summed E-state index contributed by atoms with van der Waals surface area (Å²) >= 11 is 3.72. The molecule has 0 saturated heterocycles. The maximum absolute atomic E-state index is 7.05. The van der Waals surface area contributed by atoms with Crippen molar-refractivity contribution in [2.45, 2.75) is 12.3 Å². The van der Waals surface area contributed by atoms with Gasteiger partial charge in [-0.1, -0.05) is 115 Å². The van der Waals surface area contributed by atoms with E-state index in [4.69, 9.17) is 4.42 Å². The SMILES string of the molecule is CC1(c2c(N(c3ccc4c(c3)sc3ccccc34)c3ccc4c(c3)sc3ccccc34)ccc3c2oc2ccccc23)c2ccccc2-c2ccccc21. The first-order chi connectivity index (χ1) is 26.6. The van der Waals surface area contributed by atoms with Gasteiger partial charge in [-0.2, -0.15) is 0 Å². The summed E-state index contributed by atoms with van der Waals surface area (Å²) in [4.78, 5) is 2.49. The third kappa shape index (κ3) is 4.10. The molecule has 3 aromatic heterocycles. The van der Waals surface area contributed by atoms with Gasteiger partial charge in [0.15, 0.2) is 0 Å². The Balaban J connectivity index is 1.21. The lowest BCUT2D eigenvalue weighted by Crippen LogP contribution is -2.26. The van der Waals surface area contributed by atoms with E-state index >= 15 is 0 Å².